The minimum atomic E-state index is -0.0470. The van der Waals surface area contributed by atoms with Gasteiger partial charge in [0.15, 0.2) is 0 Å². The van der Waals surface area contributed by atoms with Gasteiger partial charge >= 0.3 is 0 Å². The van der Waals surface area contributed by atoms with E-state index in [1.165, 1.54) is 0 Å². The molecular formula is C12H16N2O3. The summed E-state index contributed by atoms with van der Waals surface area (Å²) in [6, 6.07) is 3.74. The zero-order chi connectivity index (χ0) is 11.7. The average molecular weight is 236 g/mol. The van der Waals surface area contributed by atoms with Crippen molar-refractivity contribution in [1.82, 2.24) is 5.06 Å². The number of hydrogen-bond donors (Lipinski definition) is 1. The van der Waals surface area contributed by atoms with Crippen LogP contribution in [-0.2, 0) is 9.57 Å². The Morgan fingerprint density at radius 3 is 3.12 bits per heavy atom. The summed E-state index contributed by atoms with van der Waals surface area (Å²) >= 11 is 0. The van der Waals surface area contributed by atoms with Crippen molar-refractivity contribution in [2.24, 2.45) is 5.73 Å². The van der Waals surface area contributed by atoms with Gasteiger partial charge in [-0.25, -0.2) is 0 Å². The van der Waals surface area contributed by atoms with E-state index in [0.29, 0.717) is 12.4 Å². The monoisotopic (exact) mass is 236 g/mol. The second kappa shape index (κ2) is 4.43. The van der Waals surface area contributed by atoms with Crippen LogP contribution in [0.25, 0.3) is 0 Å². The van der Waals surface area contributed by atoms with Gasteiger partial charge in [0.2, 0.25) is 5.88 Å². The zero-order valence-electron chi connectivity index (χ0n) is 9.54. The third-order valence-corrected chi connectivity index (χ3v) is 3.10. The van der Waals surface area contributed by atoms with Gasteiger partial charge < -0.3 is 19.7 Å². The standard InChI is InChI=1S/C12H16N2O3/c13-12-7-10(11-4-2-6-16-11)14(17-12)8-9-3-1-5-15-9/h2,4,6-7,9-10H,1,3,5,8,13H2. The Hall–Kier alpha value is -1.46. The van der Waals surface area contributed by atoms with E-state index in [-0.39, 0.29) is 12.1 Å². The lowest BCUT2D eigenvalue weighted by atomic mass is 10.2. The number of ether oxygens (including phenoxy) is 1. The van der Waals surface area contributed by atoms with Crippen molar-refractivity contribution in [1.29, 1.82) is 0 Å². The van der Waals surface area contributed by atoms with Crippen molar-refractivity contribution >= 4 is 0 Å². The molecule has 5 heteroatoms. The average Bonchev–Trinajstić information content (AvgIpc) is 3.00. The van der Waals surface area contributed by atoms with E-state index in [9.17, 15) is 0 Å². The van der Waals surface area contributed by atoms with Crippen LogP contribution in [-0.4, -0.2) is 24.3 Å². The topological polar surface area (TPSA) is 60.9 Å². The number of rotatable bonds is 3. The molecule has 2 aliphatic rings. The summed E-state index contributed by atoms with van der Waals surface area (Å²) in [5.41, 5.74) is 5.71. The molecule has 2 aliphatic heterocycles. The Balaban J connectivity index is 1.71. The van der Waals surface area contributed by atoms with Gasteiger partial charge in [0.05, 0.1) is 18.9 Å². The molecule has 0 radical (unpaired) electrons. The predicted molar refractivity (Wildman–Crippen MR) is 60.5 cm³/mol. The smallest absolute Gasteiger partial charge is 0.207 e. The van der Waals surface area contributed by atoms with E-state index in [1.807, 2.05) is 23.3 Å². The van der Waals surface area contributed by atoms with Gasteiger partial charge in [-0.15, -0.1) is 5.06 Å². The molecule has 1 aromatic rings. The molecular weight excluding hydrogens is 220 g/mol. The third kappa shape index (κ3) is 2.16. The molecule has 3 heterocycles. The maximum absolute atomic E-state index is 5.71. The molecule has 92 valence electrons. The van der Waals surface area contributed by atoms with Crippen molar-refractivity contribution in [3.63, 3.8) is 0 Å². The second-order valence-corrected chi connectivity index (χ2v) is 4.36. The van der Waals surface area contributed by atoms with Crippen LogP contribution in [0.5, 0.6) is 0 Å². The van der Waals surface area contributed by atoms with Crippen molar-refractivity contribution < 1.29 is 14.0 Å². The summed E-state index contributed by atoms with van der Waals surface area (Å²) in [6.07, 6.45) is 5.93. The SMILES string of the molecule is NC1=CC(c2ccco2)N(CC2CCCO2)O1. The largest absolute Gasteiger partial charge is 0.467 e. The van der Waals surface area contributed by atoms with Gasteiger partial charge in [0, 0.05) is 12.7 Å². The second-order valence-electron chi connectivity index (χ2n) is 4.36. The molecule has 0 spiro atoms. The zero-order valence-corrected chi connectivity index (χ0v) is 9.54. The highest BCUT2D eigenvalue weighted by Crippen LogP contribution is 2.31. The highest BCUT2D eigenvalue weighted by Gasteiger charge is 2.32. The lowest BCUT2D eigenvalue weighted by Crippen LogP contribution is -2.31. The van der Waals surface area contributed by atoms with Gasteiger partial charge in [-0.1, -0.05) is 0 Å². The first kappa shape index (κ1) is 10.7. The number of hydroxylamine groups is 2. The fraction of sp³-hybridized carbons (Fsp3) is 0.500. The Labute approximate surface area is 99.7 Å². The van der Waals surface area contributed by atoms with Crippen molar-refractivity contribution in [2.45, 2.75) is 25.0 Å². The van der Waals surface area contributed by atoms with Crippen LogP contribution in [0.3, 0.4) is 0 Å². The molecule has 0 saturated carbocycles. The molecule has 3 rings (SSSR count). The van der Waals surface area contributed by atoms with Crippen LogP contribution in [0.4, 0.5) is 0 Å². The first-order valence-corrected chi connectivity index (χ1v) is 5.90. The maximum Gasteiger partial charge on any atom is 0.207 e. The van der Waals surface area contributed by atoms with Gasteiger partial charge in [-0.3, -0.25) is 0 Å². The van der Waals surface area contributed by atoms with Gasteiger partial charge in [0.1, 0.15) is 11.8 Å². The third-order valence-electron chi connectivity index (χ3n) is 3.10. The molecule has 1 aromatic heterocycles. The lowest BCUT2D eigenvalue weighted by Gasteiger charge is -2.23. The molecule has 2 atom stereocenters. The Morgan fingerprint density at radius 1 is 1.47 bits per heavy atom. The Morgan fingerprint density at radius 2 is 2.41 bits per heavy atom. The molecule has 0 aromatic carbocycles. The maximum atomic E-state index is 5.71. The van der Waals surface area contributed by atoms with E-state index < -0.39 is 0 Å². The highest BCUT2D eigenvalue weighted by atomic mass is 16.7. The molecule has 0 amide bonds. The number of nitrogens with two attached hydrogens (primary N) is 1. The molecule has 17 heavy (non-hydrogen) atoms. The van der Waals surface area contributed by atoms with E-state index in [1.54, 1.807) is 6.26 Å². The quantitative estimate of drug-likeness (QED) is 0.862. The molecule has 0 bridgehead atoms. The van der Waals surface area contributed by atoms with Crippen molar-refractivity contribution in [2.75, 3.05) is 13.2 Å². The fourth-order valence-electron chi connectivity index (χ4n) is 2.28. The van der Waals surface area contributed by atoms with Crippen LogP contribution in [0.1, 0.15) is 24.6 Å². The summed E-state index contributed by atoms with van der Waals surface area (Å²) in [5.74, 6) is 1.26. The number of nitrogens with zero attached hydrogens (tertiary/aromatic N) is 1. The summed E-state index contributed by atoms with van der Waals surface area (Å²) in [7, 11) is 0. The van der Waals surface area contributed by atoms with E-state index in [0.717, 1.165) is 25.2 Å². The predicted octanol–water partition coefficient (Wildman–Crippen LogP) is 1.55. The molecule has 0 aliphatic carbocycles. The van der Waals surface area contributed by atoms with E-state index in [4.69, 9.17) is 19.7 Å². The minimum Gasteiger partial charge on any atom is -0.467 e. The highest BCUT2D eigenvalue weighted by molar-refractivity contribution is 5.15. The van der Waals surface area contributed by atoms with Gasteiger partial charge in [-0.2, -0.15) is 0 Å². The first-order valence-electron chi connectivity index (χ1n) is 5.90. The van der Waals surface area contributed by atoms with Crippen LogP contribution >= 0.6 is 0 Å². The molecule has 1 saturated heterocycles. The number of furan rings is 1. The van der Waals surface area contributed by atoms with Crippen molar-refractivity contribution in [3.05, 3.63) is 36.1 Å². The van der Waals surface area contributed by atoms with Crippen molar-refractivity contribution in [3.8, 4) is 0 Å². The molecule has 2 unspecified atom stereocenters. The minimum absolute atomic E-state index is 0.0470. The van der Waals surface area contributed by atoms with Gasteiger partial charge in [-0.05, 0) is 25.0 Å². The van der Waals surface area contributed by atoms with E-state index in [2.05, 4.69) is 0 Å². The number of hydrogen-bond acceptors (Lipinski definition) is 5. The first-order chi connectivity index (χ1) is 8.33. The van der Waals surface area contributed by atoms with Crippen LogP contribution in [0, 0.1) is 0 Å². The van der Waals surface area contributed by atoms with Crippen LogP contribution in [0.2, 0.25) is 0 Å². The molecule has 2 N–H and O–H groups in total. The summed E-state index contributed by atoms with van der Waals surface area (Å²) in [6.45, 7) is 1.55. The molecule has 5 nitrogen and oxygen atoms in total. The molecule has 1 fully saturated rings. The summed E-state index contributed by atoms with van der Waals surface area (Å²) in [4.78, 5) is 5.49. The summed E-state index contributed by atoms with van der Waals surface area (Å²) < 4.78 is 11.0. The van der Waals surface area contributed by atoms with E-state index >= 15 is 0 Å². The van der Waals surface area contributed by atoms with Gasteiger partial charge in [0.25, 0.3) is 0 Å². The Bertz CT molecular complexity index is 396. The summed E-state index contributed by atoms with van der Waals surface area (Å²) in [5, 5.41) is 1.82. The van der Waals surface area contributed by atoms with Crippen LogP contribution < -0.4 is 5.73 Å². The normalized spacial score (nSPS) is 29.3. The van der Waals surface area contributed by atoms with Crippen LogP contribution in [0.15, 0.2) is 34.8 Å². The fourth-order valence-corrected chi connectivity index (χ4v) is 2.28. The lowest BCUT2D eigenvalue weighted by molar-refractivity contribution is -0.142. The Kier molecular flexibility index (Phi) is 2.78.